The van der Waals surface area contributed by atoms with Gasteiger partial charge in [0.2, 0.25) is 0 Å². The summed E-state index contributed by atoms with van der Waals surface area (Å²) in [5, 5.41) is 11.6. The summed E-state index contributed by atoms with van der Waals surface area (Å²) in [4.78, 5) is 4.64. The van der Waals surface area contributed by atoms with Crippen molar-refractivity contribution in [3.05, 3.63) is 46.2 Å². The van der Waals surface area contributed by atoms with Crippen LogP contribution in [0.25, 0.3) is 0 Å². The zero-order valence-corrected chi connectivity index (χ0v) is 18.8. The molecule has 144 valence electrons. The Balaban J connectivity index is 0.00000338. The van der Waals surface area contributed by atoms with Crippen LogP contribution in [0.4, 0.5) is 0 Å². The first-order valence-electron chi connectivity index (χ1n) is 8.41. The molecule has 0 bridgehead atoms. The van der Waals surface area contributed by atoms with Crippen LogP contribution in [0.15, 0.2) is 29.3 Å². The van der Waals surface area contributed by atoms with Gasteiger partial charge < -0.3 is 15.4 Å². The molecule has 0 fully saturated rings. The number of rotatable bonds is 7. The van der Waals surface area contributed by atoms with Gasteiger partial charge in [-0.1, -0.05) is 17.7 Å². The van der Waals surface area contributed by atoms with Crippen molar-refractivity contribution in [2.24, 2.45) is 12.0 Å². The van der Waals surface area contributed by atoms with E-state index in [9.17, 15) is 0 Å². The van der Waals surface area contributed by atoms with Gasteiger partial charge in [-0.15, -0.1) is 24.0 Å². The molecule has 0 radical (unpaired) electrons. The van der Waals surface area contributed by atoms with E-state index < -0.39 is 0 Å². The van der Waals surface area contributed by atoms with E-state index >= 15 is 0 Å². The van der Waals surface area contributed by atoms with Crippen LogP contribution in [0.2, 0.25) is 5.02 Å². The maximum atomic E-state index is 5.94. The first-order valence-corrected chi connectivity index (χ1v) is 8.78. The maximum Gasteiger partial charge on any atom is 0.191 e. The molecule has 1 heterocycles. The van der Waals surface area contributed by atoms with E-state index in [0.717, 1.165) is 35.2 Å². The lowest BCUT2D eigenvalue weighted by Crippen LogP contribution is -2.39. The Morgan fingerprint density at radius 1 is 1.31 bits per heavy atom. The second-order valence-electron chi connectivity index (χ2n) is 5.70. The summed E-state index contributed by atoms with van der Waals surface area (Å²) >= 11 is 5.94. The number of aliphatic imine (C=N–C) groups is 1. The minimum Gasteiger partial charge on any atom is -0.492 e. The monoisotopic (exact) mass is 491 g/mol. The number of hydrogen-bond acceptors (Lipinski definition) is 3. The molecule has 2 aromatic rings. The highest BCUT2D eigenvalue weighted by Crippen LogP contribution is 2.16. The van der Waals surface area contributed by atoms with Crippen LogP contribution in [0.3, 0.4) is 0 Å². The molecule has 0 aliphatic carbocycles. The Bertz CT molecular complexity index is 732. The fraction of sp³-hybridized carbons (Fsp3) is 0.444. The third kappa shape index (κ3) is 6.68. The van der Waals surface area contributed by atoms with Crippen molar-refractivity contribution in [1.82, 2.24) is 20.4 Å². The summed E-state index contributed by atoms with van der Waals surface area (Å²) in [7, 11) is 1.95. The third-order valence-corrected chi connectivity index (χ3v) is 4.09. The molecule has 0 spiro atoms. The molecule has 6 nitrogen and oxygen atoms in total. The minimum absolute atomic E-state index is 0. The molecule has 1 aromatic carbocycles. The van der Waals surface area contributed by atoms with Gasteiger partial charge in [-0.3, -0.25) is 4.68 Å². The lowest BCUT2D eigenvalue weighted by molar-refractivity contribution is 0.322. The molecule has 0 unspecified atom stereocenters. The fourth-order valence-electron chi connectivity index (χ4n) is 2.44. The second-order valence-corrected chi connectivity index (χ2v) is 6.14. The molecule has 0 aliphatic heterocycles. The fourth-order valence-corrected chi connectivity index (χ4v) is 2.62. The molecular weight excluding hydrogens is 465 g/mol. The average Bonchev–Trinajstić information content (AvgIpc) is 2.82. The van der Waals surface area contributed by atoms with E-state index in [1.165, 1.54) is 0 Å². The molecule has 0 amide bonds. The highest BCUT2D eigenvalue weighted by Gasteiger charge is 2.08. The smallest absolute Gasteiger partial charge is 0.191 e. The summed E-state index contributed by atoms with van der Waals surface area (Å²) in [5.74, 6) is 1.53. The first kappa shape index (κ1) is 22.6. The van der Waals surface area contributed by atoms with Crippen molar-refractivity contribution < 1.29 is 4.74 Å². The summed E-state index contributed by atoms with van der Waals surface area (Å²) in [6, 6.07) is 7.38. The van der Waals surface area contributed by atoms with Crippen LogP contribution in [-0.2, 0) is 13.6 Å². The summed E-state index contributed by atoms with van der Waals surface area (Å²) in [6.07, 6.45) is 0. The number of nitrogens with one attached hydrogen (secondary N) is 2. The predicted molar refractivity (Wildman–Crippen MR) is 118 cm³/mol. The van der Waals surface area contributed by atoms with Gasteiger partial charge in [-0.25, -0.2) is 4.99 Å². The number of aromatic nitrogens is 2. The highest BCUT2D eigenvalue weighted by atomic mass is 127. The molecule has 0 aliphatic rings. The summed E-state index contributed by atoms with van der Waals surface area (Å²) < 4.78 is 7.56. The number of guanidine groups is 1. The summed E-state index contributed by atoms with van der Waals surface area (Å²) in [5.41, 5.74) is 3.32. The minimum atomic E-state index is 0. The zero-order valence-electron chi connectivity index (χ0n) is 15.7. The number of benzene rings is 1. The Hall–Kier alpha value is -1.48. The topological polar surface area (TPSA) is 63.5 Å². The SMILES string of the molecule is CCNC(=NCc1c(C)nn(C)c1C)NCCOc1cccc(Cl)c1.I. The standard InChI is InChI=1S/C18H26ClN5O.HI/c1-5-20-18(22-12-17-13(2)23-24(4)14(17)3)21-9-10-25-16-8-6-7-15(19)11-16;/h6-8,11H,5,9-10,12H2,1-4H3,(H2,20,21,22);1H. The number of nitrogens with zero attached hydrogens (tertiary/aromatic N) is 3. The van der Waals surface area contributed by atoms with Gasteiger partial charge in [-0.2, -0.15) is 5.10 Å². The van der Waals surface area contributed by atoms with Crippen LogP contribution in [0.1, 0.15) is 23.9 Å². The van der Waals surface area contributed by atoms with Crippen LogP contribution in [-0.4, -0.2) is 35.4 Å². The lowest BCUT2D eigenvalue weighted by atomic mass is 10.2. The van der Waals surface area contributed by atoms with Gasteiger partial charge in [0, 0.05) is 29.9 Å². The molecule has 0 saturated carbocycles. The maximum absolute atomic E-state index is 5.94. The Kier molecular flexibility index (Phi) is 9.79. The second kappa shape index (κ2) is 11.3. The van der Waals surface area contributed by atoms with E-state index in [-0.39, 0.29) is 24.0 Å². The van der Waals surface area contributed by atoms with Gasteiger partial charge >= 0.3 is 0 Å². The number of aryl methyl sites for hydroxylation is 2. The van der Waals surface area contributed by atoms with Crippen LogP contribution < -0.4 is 15.4 Å². The van der Waals surface area contributed by atoms with Crippen molar-refractivity contribution >= 4 is 41.5 Å². The largest absolute Gasteiger partial charge is 0.492 e. The van der Waals surface area contributed by atoms with Gasteiger partial charge in [0.25, 0.3) is 0 Å². The number of halogens is 2. The summed E-state index contributed by atoms with van der Waals surface area (Å²) in [6.45, 7) is 8.67. The zero-order chi connectivity index (χ0) is 18.2. The molecule has 2 N–H and O–H groups in total. The molecule has 2 rings (SSSR count). The Morgan fingerprint density at radius 3 is 2.69 bits per heavy atom. The quantitative estimate of drug-likeness (QED) is 0.270. The third-order valence-electron chi connectivity index (χ3n) is 3.86. The lowest BCUT2D eigenvalue weighted by Gasteiger charge is -2.12. The predicted octanol–water partition coefficient (Wildman–Crippen LogP) is 3.44. The van der Waals surface area contributed by atoms with Crippen LogP contribution >= 0.6 is 35.6 Å². The van der Waals surface area contributed by atoms with Crippen LogP contribution in [0, 0.1) is 13.8 Å². The van der Waals surface area contributed by atoms with Crippen molar-refractivity contribution in [2.45, 2.75) is 27.3 Å². The first-order chi connectivity index (χ1) is 12.0. The molecule has 26 heavy (non-hydrogen) atoms. The molecule has 0 saturated heterocycles. The van der Waals surface area contributed by atoms with Gasteiger partial charge in [0.15, 0.2) is 5.96 Å². The van der Waals surface area contributed by atoms with Crippen molar-refractivity contribution in [1.29, 1.82) is 0 Å². The van der Waals surface area contributed by atoms with Crippen molar-refractivity contribution in [3.63, 3.8) is 0 Å². The van der Waals surface area contributed by atoms with Crippen molar-refractivity contribution in [3.8, 4) is 5.75 Å². The molecule has 8 heteroatoms. The normalized spacial score (nSPS) is 11.0. The molecular formula is C18H27ClIN5O. The number of ether oxygens (including phenoxy) is 1. The van der Waals surface area contributed by atoms with Crippen LogP contribution in [0.5, 0.6) is 5.75 Å². The van der Waals surface area contributed by atoms with Gasteiger partial charge in [0.1, 0.15) is 12.4 Å². The van der Waals surface area contributed by atoms with E-state index in [0.29, 0.717) is 24.7 Å². The van der Waals surface area contributed by atoms with E-state index in [2.05, 4.69) is 27.6 Å². The number of hydrogen-bond donors (Lipinski definition) is 2. The highest BCUT2D eigenvalue weighted by molar-refractivity contribution is 14.0. The average molecular weight is 492 g/mol. The van der Waals surface area contributed by atoms with Crippen molar-refractivity contribution in [2.75, 3.05) is 19.7 Å². The van der Waals surface area contributed by atoms with E-state index in [1.807, 2.05) is 43.8 Å². The Morgan fingerprint density at radius 2 is 2.08 bits per heavy atom. The molecule has 1 aromatic heterocycles. The van der Waals surface area contributed by atoms with Gasteiger partial charge in [-0.05, 0) is 39.0 Å². The Labute approximate surface area is 177 Å². The molecule has 0 atom stereocenters. The van der Waals surface area contributed by atoms with E-state index in [1.54, 1.807) is 6.07 Å². The van der Waals surface area contributed by atoms with E-state index in [4.69, 9.17) is 16.3 Å². The van der Waals surface area contributed by atoms with Gasteiger partial charge in [0.05, 0.1) is 18.8 Å².